The Balaban J connectivity index is 2.20. The van der Waals surface area contributed by atoms with Crippen LogP contribution < -0.4 is 10.5 Å². The van der Waals surface area contributed by atoms with E-state index in [-0.39, 0.29) is 17.8 Å². The summed E-state index contributed by atoms with van der Waals surface area (Å²) in [5.41, 5.74) is 6.82. The van der Waals surface area contributed by atoms with Crippen LogP contribution in [0.3, 0.4) is 0 Å². The van der Waals surface area contributed by atoms with E-state index in [0.29, 0.717) is 5.75 Å². The molecule has 2 N–H and O–H groups in total. The molecule has 3 heteroatoms. The number of nitrogens with two attached hydrogens (primary N) is 1. The largest absolute Gasteiger partial charge is 0.497 e. The lowest BCUT2D eigenvalue weighted by Gasteiger charge is -2.18. The van der Waals surface area contributed by atoms with Gasteiger partial charge in [0.1, 0.15) is 11.6 Å². The van der Waals surface area contributed by atoms with Gasteiger partial charge in [-0.3, -0.25) is 0 Å². The molecule has 0 radical (unpaired) electrons. The summed E-state index contributed by atoms with van der Waals surface area (Å²) in [5.74, 6) is 0.672. The Labute approximate surface area is 102 Å². The number of benzene rings is 1. The van der Waals surface area contributed by atoms with Crippen LogP contribution in [0.5, 0.6) is 5.75 Å². The van der Waals surface area contributed by atoms with Gasteiger partial charge >= 0.3 is 0 Å². The van der Waals surface area contributed by atoms with Crippen molar-refractivity contribution < 1.29 is 9.13 Å². The highest BCUT2D eigenvalue weighted by Gasteiger charge is 2.21. The number of ether oxygens (including phenoxy) is 1. The molecule has 2 atom stereocenters. The van der Waals surface area contributed by atoms with Gasteiger partial charge in [0, 0.05) is 12.1 Å². The van der Waals surface area contributed by atoms with Crippen molar-refractivity contribution in [3.05, 3.63) is 29.6 Å². The summed E-state index contributed by atoms with van der Waals surface area (Å²) in [7, 11) is 1.55. The smallest absolute Gasteiger partial charge is 0.130 e. The summed E-state index contributed by atoms with van der Waals surface area (Å²) >= 11 is 0. The van der Waals surface area contributed by atoms with Crippen LogP contribution in [0, 0.1) is 5.82 Å². The van der Waals surface area contributed by atoms with E-state index in [1.165, 1.54) is 6.07 Å². The quantitative estimate of drug-likeness (QED) is 0.802. The SMILES string of the molecule is COc1ccc(C2CCCCC(N)C2)c(F)c1. The molecule has 1 aromatic rings. The maximum Gasteiger partial charge on any atom is 0.130 e. The molecule has 2 rings (SSSR count). The molecular weight excluding hydrogens is 217 g/mol. The zero-order valence-electron chi connectivity index (χ0n) is 10.3. The van der Waals surface area contributed by atoms with Crippen LogP contribution in [0.2, 0.25) is 0 Å². The highest BCUT2D eigenvalue weighted by Crippen LogP contribution is 2.33. The molecule has 1 saturated carbocycles. The second-order valence-electron chi connectivity index (χ2n) is 4.86. The average Bonchev–Trinajstić information content (AvgIpc) is 2.53. The predicted molar refractivity (Wildman–Crippen MR) is 66.8 cm³/mol. The number of rotatable bonds is 2. The lowest BCUT2D eigenvalue weighted by molar-refractivity contribution is 0.409. The standard InChI is InChI=1S/C14H20FNO/c1-17-12-6-7-13(14(15)9-12)10-4-2-3-5-11(16)8-10/h6-7,9-11H,2-5,8,16H2,1H3. The molecule has 1 aromatic carbocycles. The lowest BCUT2D eigenvalue weighted by atomic mass is 9.90. The van der Waals surface area contributed by atoms with Crippen LogP contribution in [-0.4, -0.2) is 13.2 Å². The average molecular weight is 237 g/mol. The molecule has 0 amide bonds. The molecule has 0 aromatic heterocycles. The van der Waals surface area contributed by atoms with Gasteiger partial charge in [-0.25, -0.2) is 4.39 Å². The van der Waals surface area contributed by atoms with Gasteiger partial charge in [-0.2, -0.15) is 0 Å². The van der Waals surface area contributed by atoms with E-state index >= 15 is 0 Å². The molecule has 1 fully saturated rings. The molecule has 0 heterocycles. The first-order valence-corrected chi connectivity index (χ1v) is 6.29. The minimum absolute atomic E-state index is 0.163. The first-order chi connectivity index (χ1) is 8.20. The Morgan fingerprint density at radius 1 is 1.29 bits per heavy atom. The molecule has 0 bridgehead atoms. The predicted octanol–water partition coefficient (Wildman–Crippen LogP) is 3.21. The zero-order valence-corrected chi connectivity index (χ0v) is 10.3. The van der Waals surface area contributed by atoms with E-state index in [1.54, 1.807) is 7.11 Å². The third-order valence-corrected chi connectivity index (χ3v) is 3.61. The summed E-state index contributed by atoms with van der Waals surface area (Å²) in [6.45, 7) is 0. The zero-order chi connectivity index (χ0) is 12.3. The molecule has 94 valence electrons. The molecule has 0 saturated heterocycles. The van der Waals surface area contributed by atoms with Crippen LogP contribution in [0.25, 0.3) is 0 Å². The fourth-order valence-corrected chi connectivity index (χ4v) is 2.65. The van der Waals surface area contributed by atoms with Crippen molar-refractivity contribution in [3.63, 3.8) is 0 Å². The van der Waals surface area contributed by atoms with E-state index in [2.05, 4.69) is 0 Å². The highest BCUT2D eigenvalue weighted by molar-refractivity contribution is 5.31. The molecule has 17 heavy (non-hydrogen) atoms. The van der Waals surface area contributed by atoms with Crippen LogP contribution in [0.4, 0.5) is 4.39 Å². The molecule has 0 spiro atoms. The van der Waals surface area contributed by atoms with Crippen molar-refractivity contribution in [2.24, 2.45) is 5.73 Å². The topological polar surface area (TPSA) is 35.2 Å². The van der Waals surface area contributed by atoms with E-state index < -0.39 is 0 Å². The monoisotopic (exact) mass is 237 g/mol. The molecule has 2 nitrogen and oxygen atoms in total. The summed E-state index contributed by atoms with van der Waals surface area (Å²) in [4.78, 5) is 0. The van der Waals surface area contributed by atoms with Crippen LogP contribution in [0.15, 0.2) is 18.2 Å². The maximum absolute atomic E-state index is 14.0. The van der Waals surface area contributed by atoms with E-state index in [0.717, 1.165) is 37.7 Å². The van der Waals surface area contributed by atoms with E-state index in [9.17, 15) is 4.39 Å². The molecule has 2 unspecified atom stereocenters. The third kappa shape index (κ3) is 2.97. The molecule has 1 aliphatic carbocycles. The Morgan fingerprint density at radius 2 is 2.06 bits per heavy atom. The minimum Gasteiger partial charge on any atom is -0.497 e. The number of halogens is 1. The van der Waals surface area contributed by atoms with Gasteiger partial charge in [0.25, 0.3) is 0 Å². The van der Waals surface area contributed by atoms with Crippen molar-refractivity contribution >= 4 is 0 Å². The number of hydrogen-bond donors (Lipinski definition) is 1. The molecule has 1 aliphatic rings. The third-order valence-electron chi connectivity index (χ3n) is 3.61. The second-order valence-corrected chi connectivity index (χ2v) is 4.86. The molecular formula is C14H20FNO. The van der Waals surface area contributed by atoms with Crippen LogP contribution in [-0.2, 0) is 0 Å². The van der Waals surface area contributed by atoms with Gasteiger partial charge in [-0.1, -0.05) is 18.9 Å². The Bertz CT molecular complexity index is 380. The van der Waals surface area contributed by atoms with Gasteiger partial charge in [-0.05, 0) is 36.8 Å². The van der Waals surface area contributed by atoms with Crippen molar-refractivity contribution in [1.29, 1.82) is 0 Å². The Kier molecular flexibility index (Phi) is 4.00. The Hall–Kier alpha value is -1.09. The van der Waals surface area contributed by atoms with Crippen molar-refractivity contribution in [1.82, 2.24) is 0 Å². The van der Waals surface area contributed by atoms with E-state index in [4.69, 9.17) is 10.5 Å². The van der Waals surface area contributed by atoms with Gasteiger partial charge in [0.15, 0.2) is 0 Å². The second kappa shape index (κ2) is 5.50. The van der Waals surface area contributed by atoms with Gasteiger partial charge in [-0.15, -0.1) is 0 Å². The summed E-state index contributed by atoms with van der Waals surface area (Å²) in [6.07, 6.45) is 5.30. The van der Waals surface area contributed by atoms with Gasteiger partial charge in [0.05, 0.1) is 7.11 Å². The van der Waals surface area contributed by atoms with Gasteiger partial charge in [0.2, 0.25) is 0 Å². The summed E-state index contributed by atoms with van der Waals surface area (Å²) < 4.78 is 19.0. The normalized spacial score (nSPS) is 25.4. The first kappa shape index (κ1) is 12.4. The van der Waals surface area contributed by atoms with Crippen molar-refractivity contribution in [2.75, 3.05) is 7.11 Å². The summed E-state index contributed by atoms with van der Waals surface area (Å²) in [6, 6.07) is 5.35. The van der Waals surface area contributed by atoms with Crippen molar-refractivity contribution in [3.8, 4) is 5.75 Å². The highest BCUT2D eigenvalue weighted by atomic mass is 19.1. The minimum atomic E-state index is -0.163. The van der Waals surface area contributed by atoms with E-state index in [1.807, 2.05) is 12.1 Å². The lowest BCUT2D eigenvalue weighted by Crippen LogP contribution is -2.21. The summed E-state index contributed by atoms with van der Waals surface area (Å²) in [5, 5.41) is 0. The fourth-order valence-electron chi connectivity index (χ4n) is 2.65. The van der Waals surface area contributed by atoms with Crippen LogP contribution >= 0.6 is 0 Å². The van der Waals surface area contributed by atoms with Crippen LogP contribution in [0.1, 0.15) is 43.6 Å². The fraction of sp³-hybridized carbons (Fsp3) is 0.571. The van der Waals surface area contributed by atoms with Crippen molar-refractivity contribution in [2.45, 2.75) is 44.1 Å². The first-order valence-electron chi connectivity index (χ1n) is 6.29. The number of hydrogen-bond acceptors (Lipinski definition) is 2. The van der Waals surface area contributed by atoms with Gasteiger partial charge < -0.3 is 10.5 Å². The maximum atomic E-state index is 14.0. The molecule has 0 aliphatic heterocycles. The Morgan fingerprint density at radius 3 is 2.76 bits per heavy atom. The number of methoxy groups -OCH3 is 1.